The summed E-state index contributed by atoms with van der Waals surface area (Å²) in [5.41, 5.74) is 0. The number of hydrogen-bond acceptors (Lipinski definition) is 4. The highest BCUT2D eigenvalue weighted by Crippen LogP contribution is 2.20. The monoisotopic (exact) mass is 268 g/mol. The lowest BCUT2D eigenvalue weighted by Gasteiger charge is -2.23. The number of likely N-dealkylation sites (tertiary alicyclic amines) is 1. The van der Waals surface area contributed by atoms with Gasteiger partial charge in [0.2, 0.25) is 5.91 Å². The zero-order chi connectivity index (χ0) is 14.2. The van der Waals surface area contributed by atoms with Crippen molar-refractivity contribution in [2.75, 3.05) is 40.3 Å². The van der Waals surface area contributed by atoms with E-state index < -0.39 is 6.03 Å². The molecule has 2 rings (SSSR count). The molecule has 0 saturated carbocycles. The second-order valence-electron chi connectivity index (χ2n) is 5.45. The van der Waals surface area contributed by atoms with Gasteiger partial charge in [0, 0.05) is 19.1 Å². The van der Waals surface area contributed by atoms with Crippen molar-refractivity contribution in [1.29, 1.82) is 0 Å². The third-order valence-corrected chi connectivity index (χ3v) is 3.82. The zero-order valence-electron chi connectivity index (χ0n) is 11.5. The van der Waals surface area contributed by atoms with Crippen LogP contribution < -0.4 is 5.32 Å². The predicted molar refractivity (Wildman–Crippen MR) is 68.3 cm³/mol. The Balaban J connectivity index is 1.94. The Morgan fingerprint density at radius 1 is 1.37 bits per heavy atom. The molecule has 1 N–H and O–H groups in total. The van der Waals surface area contributed by atoms with Crippen LogP contribution in [-0.2, 0) is 9.59 Å². The van der Waals surface area contributed by atoms with Gasteiger partial charge in [0.15, 0.2) is 0 Å². The van der Waals surface area contributed by atoms with E-state index in [1.165, 1.54) is 0 Å². The fourth-order valence-corrected chi connectivity index (χ4v) is 2.68. The van der Waals surface area contributed by atoms with Crippen LogP contribution in [0.2, 0.25) is 0 Å². The van der Waals surface area contributed by atoms with Gasteiger partial charge in [-0.1, -0.05) is 6.92 Å². The van der Waals surface area contributed by atoms with Gasteiger partial charge in [-0.25, -0.2) is 4.79 Å². The van der Waals surface area contributed by atoms with E-state index in [-0.39, 0.29) is 24.9 Å². The molecule has 2 aliphatic rings. The van der Waals surface area contributed by atoms with Crippen molar-refractivity contribution in [2.45, 2.75) is 13.0 Å². The Labute approximate surface area is 112 Å². The van der Waals surface area contributed by atoms with Gasteiger partial charge in [0.05, 0.1) is 6.54 Å². The van der Waals surface area contributed by atoms with Crippen molar-refractivity contribution < 1.29 is 14.4 Å². The Bertz CT molecular complexity index is 394. The average Bonchev–Trinajstić information content (AvgIpc) is 2.86. The number of imide groups is 1. The van der Waals surface area contributed by atoms with Gasteiger partial charge >= 0.3 is 6.03 Å². The fourth-order valence-electron chi connectivity index (χ4n) is 2.68. The van der Waals surface area contributed by atoms with Crippen LogP contribution in [-0.4, -0.2) is 78.9 Å². The van der Waals surface area contributed by atoms with E-state index in [1.54, 1.807) is 4.90 Å². The summed E-state index contributed by atoms with van der Waals surface area (Å²) in [5, 5.41) is 2.41. The van der Waals surface area contributed by atoms with Crippen molar-refractivity contribution in [3.8, 4) is 0 Å². The zero-order valence-corrected chi connectivity index (χ0v) is 11.5. The molecule has 2 heterocycles. The Kier molecular flexibility index (Phi) is 3.75. The predicted octanol–water partition coefficient (Wildman–Crippen LogP) is -1.05. The number of nitrogens with one attached hydrogen (secondary N) is 1. The maximum atomic E-state index is 12.1. The van der Waals surface area contributed by atoms with Gasteiger partial charge < -0.3 is 15.1 Å². The lowest BCUT2D eigenvalue weighted by Crippen LogP contribution is -2.43. The molecule has 0 aromatic rings. The lowest BCUT2D eigenvalue weighted by molar-refractivity contribution is -0.135. The minimum absolute atomic E-state index is 0.0111. The van der Waals surface area contributed by atoms with E-state index in [0.29, 0.717) is 25.0 Å². The summed E-state index contributed by atoms with van der Waals surface area (Å²) in [6.07, 6.45) is 0. The first-order valence-corrected chi connectivity index (χ1v) is 6.42. The summed E-state index contributed by atoms with van der Waals surface area (Å²) in [7, 11) is 3.99. The Hall–Kier alpha value is -1.63. The summed E-state index contributed by atoms with van der Waals surface area (Å²) < 4.78 is 0. The first-order chi connectivity index (χ1) is 8.90. The smallest absolute Gasteiger partial charge is 0.325 e. The number of nitrogens with zero attached hydrogens (tertiary/aromatic N) is 3. The number of urea groups is 1. The van der Waals surface area contributed by atoms with Crippen molar-refractivity contribution in [3.05, 3.63) is 0 Å². The van der Waals surface area contributed by atoms with Gasteiger partial charge in [0.1, 0.15) is 6.54 Å². The summed E-state index contributed by atoms with van der Waals surface area (Å²) in [6.45, 7) is 3.26. The summed E-state index contributed by atoms with van der Waals surface area (Å²) in [4.78, 5) is 39.8. The van der Waals surface area contributed by atoms with Gasteiger partial charge in [-0.05, 0) is 20.0 Å². The van der Waals surface area contributed by atoms with Gasteiger partial charge in [-0.2, -0.15) is 0 Å². The quantitative estimate of drug-likeness (QED) is 0.663. The average molecular weight is 268 g/mol. The van der Waals surface area contributed by atoms with Crippen LogP contribution in [0.5, 0.6) is 0 Å². The molecule has 7 heteroatoms. The second-order valence-corrected chi connectivity index (χ2v) is 5.45. The lowest BCUT2D eigenvalue weighted by atomic mass is 10.1. The van der Waals surface area contributed by atoms with Crippen molar-refractivity contribution in [2.24, 2.45) is 5.92 Å². The molecule has 2 aliphatic heterocycles. The molecular formula is C12H20N4O3. The molecule has 19 heavy (non-hydrogen) atoms. The first-order valence-electron chi connectivity index (χ1n) is 6.42. The fraction of sp³-hybridized carbons (Fsp3) is 0.750. The molecule has 4 amide bonds. The highest BCUT2D eigenvalue weighted by atomic mass is 16.2. The minimum atomic E-state index is -0.477. The molecule has 2 unspecified atom stereocenters. The molecule has 2 fully saturated rings. The van der Waals surface area contributed by atoms with Crippen molar-refractivity contribution in [3.63, 3.8) is 0 Å². The van der Waals surface area contributed by atoms with Gasteiger partial charge in [0.25, 0.3) is 5.91 Å². The Morgan fingerprint density at radius 2 is 2.05 bits per heavy atom. The summed E-state index contributed by atoms with van der Waals surface area (Å²) >= 11 is 0. The number of likely N-dealkylation sites (N-methyl/N-ethyl adjacent to an activating group) is 1. The van der Waals surface area contributed by atoms with E-state index in [9.17, 15) is 14.4 Å². The van der Waals surface area contributed by atoms with Crippen LogP contribution in [0.25, 0.3) is 0 Å². The molecule has 2 atom stereocenters. The van der Waals surface area contributed by atoms with E-state index in [2.05, 4.69) is 17.1 Å². The molecule has 0 aromatic carbocycles. The number of carbonyl (C=O) groups is 3. The molecule has 2 saturated heterocycles. The third-order valence-electron chi connectivity index (χ3n) is 3.82. The molecule has 7 nitrogen and oxygen atoms in total. The second kappa shape index (κ2) is 5.16. The van der Waals surface area contributed by atoms with Crippen LogP contribution in [0.4, 0.5) is 4.79 Å². The largest absolute Gasteiger partial charge is 0.339 e. The third kappa shape index (κ3) is 2.70. The highest BCUT2D eigenvalue weighted by molar-refractivity contribution is 6.04. The van der Waals surface area contributed by atoms with E-state index in [0.717, 1.165) is 4.90 Å². The van der Waals surface area contributed by atoms with Crippen molar-refractivity contribution in [1.82, 2.24) is 20.0 Å². The van der Waals surface area contributed by atoms with Crippen LogP contribution in [0.15, 0.2) is 0 Å². The maximum absolute atomic E-state index is 12.1. The standard InChI is InChI=1S/C12H20N4O3/c1-8-5-15(6-9(8)14(2)3)11(18)7-16-10(17)4-13-12(16)19/h8-9H,4-7H2,1-3H3,(H,13,19). The SMILES string of the molecule is CC1CN(C(=O)CN2C(=O)CNC2=O)CC1N(C)C. The summed E-state index contributed by atoms with van der Waals surface area (Å²) in [6, 6.07) is -0.151. The van der Waals surface area contributed by atoms with E-state index >= 15 is 0 Å². The number of amides is 4. The molecule has 106 valence electrons. The van der Waals surface area contributed by atoms with Gasteiger partial charge in [-0.3, -0.25) is 14.5 Å². The normalized spacial score (nSPS) is 27.4. The molecule has 0 aromatic heterocycles. The molecule has 0 spiro atoms. The van der Waals surface area contributed by atoms with Crippen LogP contribution in [0, 0.1) is 5.92 Å². The molecular weight excluding hydrogens is 248 g/mol. The van der Waals surface area contributed by atoms with Crippen LogP contribution >= 0.6 is 0 Å². The van der Waals surface area contributed by atoms with Crippen LogP contribution in [0.1, 0.15) is 6.92 Å². The first kappa shape index (κ1) is 13.8. The van der Waals surface area contributed by atoms with E-state index in [1.807, 2.05) is 14.1 Å². The Morgan fingerprint density at radius 3 is 2.53 bits per heavy atom. The molecule has 0 radical (unpaired) electrons. The maximum Gasteiger partial charge on any atom is 0.325 e. The number of rotatable bonds is 3. The minimum Gasteiger partial charge on any atom is -0.339 e. The highest BCUT2D eigenvalue weighted by Gasteiger charge is 2.36. The number of carbonyl (C=O) groups excluding carboxylic acids is 3. The van der Waals surface area contributed by atoms with E-state index in [4.69, 9.17) is 0 Å². The van der Waals surface area contributed by atoms with Crippen molar-refractivity contribution >= 4 is 17.8 Å². The van der Waals surface area contributed by atoms with Crippen LogP contribution in [0.3, 0.4) is 0 Å². The van der Waals surface area contributed by atoms with Gasteiger partial charge in [-0.15, -0.1) is 0 Å². The topological polar surface area (TPSA) is 73.0 Å². The molecule has 0 bridgehead atoms. The number of hydrogen-bond donors (Lipinski definition) is 1. The molecule has 0 aliphatic carbocycles. The summed E-state index contributed by atoms with van der Waals surface area (Å²) in [5.74, 6) is -0.113.